The van der Waals surface area contributed by atoms with Crippen LogP contribution in [0.25, 0.3) is 0 Å². The minimum Gasteiger partial charge on any atom is -0.385 e. The molecule has 0 spiro atoms. The first-order valence-electron chi connectivity index (χ1n) is 6.24. The Balaban J connectivity index is 1.73. The van der Waals surface area contributed by atoms with Crippen LogP contribution in [0.15, 0.2) is 0 Å². The van der Waals surface area contributed by atoms with Crippen molar-refractivity contribution < 1.29 is 9.47 Å². The summed E-state index contributed by atoms with van der Waals surface area (Å²) in [6.07, 6.45) is 7.94. The van der Waals surface area contributed by atoms with Gasteiger partial charge in [0.15, 0.2) is 0 Å². The van der Waals surface area contributed by atoms with Gasteiger partial charge in [-0.15, -0.1) is 0 Å². The Morgan fingerprint density at radius 3 is 2.87 bits per heavy atom. The second kappa shape index (κ2) is 9.13. The highest BCUT2D eigenvalue weighted by atomic mass is 16.5. The summed E-state index contributed by atoms with van der Waals surface area (Å²) in [5.41, 5.74) is 0. The van der Waals surface area contributed by atoms with E-state index in [1.807, 2.05) is 0 Å². The van der Waals surface area contributed by atoms with Crippen LogP contribution < -0.4 is 5.32 Å². The van der Waals surface area contributed by atoms with Crippen molar-refractivity contribution in [2.24, 2.45) is 0 Å². The van der Waals surface area contributed by atoms with E-state index in [4.69, 9.17) is 9.47 Å². The number of hydrogen-bond acceptors (Lipinski definition) is 3. The molecule has 0 aromatic heterocycles. The third kappa shape index (κ3) is 6.88. The summed E-state index contributed by atoms with van der Waals surface area (Å²) >= 11 is 0. The Morgan fingerprint density at radius 2 is 2.13 bits per heavy atom. The van der Waals surface area contributed by atoms with Crippen LogP contribution in [0.2, 0.25) is 0 Å². The van der Waals surface area contributed by atoms with Crippen LogP contribution in [-0.4, -0.2) is 39.5 Å². The lowest BCUT2D eigenvalue weighted by molar-refractivity contribution is 0.102. The largest absolute Gasteiger partial charge is 0.385 e. The van der Waals surface area contributed by atoms with E-state index < -0.39 is 0 Å². The summed E-state index contributed by atoms with van der Waals surface area (Å²) in [7, 11) is 1.76. The molecule has 15 heavy (non-hydrogen) atoms. The zero-order valence-corrected chi connectivity index (χ0v) is 9.96. The van der Waals surface area contributed by atoms with Crippen molar-refractivity contribution in [3.05, 3.63) is 0 Å². The van der Waals surface area contributed by atoms with Gasteiger partial charge in [-0.1, -0.05) is 0 Å². The monoisotopic (exact) mass is 215 g/mol. The van der Waals surface area contributed by atoms with Gasteiger partial charge in [0, 0.05) is 20.3 Å². The van der Waals surface area contributed by atoms with Crippen molar-refractivity contribution in [3.63, 3.8) is 0 Å². The Bertz CT molecular complexity index is 136. The van der Waals surface area contributed by atoms with Crippen molar-refractivity contribution in [1.29, 1.82) is 0 Å². The highest BCUT2D eigenvalue weighted by Crippen LogP contribution is 2.16. The van der Waals surface area contributed by atoms with Crippen LogP contribution in [-0.2, 0) is 9.47 Å². The number of methoxy groups -OCH3 is 1. The highest BCUT2D eigenvalue weighted by molar-refractivity contribution is 4.65. The molecule has 3 nitrogen and oxygen atoms in total. The van der Waals surface area contributed by atoms with Crippen molar-refractivity contribution in [2.75, 3.05) is 33.4 Å². The quantitative estimate of drug-likeness (QED) is 0.596. The second-order valence-electron chi connectivity index (χ2n) is 4.23. The third-order valence-corrected chi connectivity index (χ3v) is 2.86. The number of ether oxygens (including phenoxy) is 2. The molecule has 1 saturated heterocycles. The maximum atomic E-state index is 5.57. The smallest absolute Gasteiger partial charge is 0.0576 e. The van der Waals surface area contributed by atoms with Crippen molar-refractivity contribution in [3.8, 4) is 0 Å². The molecule has 0 aromatic rings. The number of hydrogen-bond donors (Lipinski definition) is 1. The fourth-order valence-electron chi connectivity index (χ4n) is 1.95. The van der Waals surface area contributed by atoms with Crippen LogP contribution >= 0.6 is 0 Å². The average Bonchev–Trinajstić information content (AvgIpc) is 2.75. The van der Waals surface area contributed by atoms with Gasteiger partial charge in [-0.05, 0) is 51.6 Å². The molecule has 1 N–H and O–H groups in total. The molecule has 1 aliphatic heterocycles. The van der Waals surface area contributed by atoms with Crippen LogP contribution in [0.4, 0.5) is 0 Å². The maximum Gasteiger partial charge on any atom is 0.0576 e. The molecule has 1 heterocycles. The van der Waals surface area contributed by atoms with E-state index >= 15 is 0 Å². The van der Waals surface area contributed by atoms with Gasteiger partial charge in [-0.25, -0.2) is 0 Å². The minimum absolute atomic E-state index is 0.556. The predicted octanol–water partition coefficient (Wildman–Crippen LogP) is 1.96. The fraction of sp³-hybridized carbons (Fsp3) is 1.00. The molecule has 0 bridgehead atoms. The zero-order valence-electron chi connectivity index (χ0n) is 9.96. The lowest BCUT2D eigenvalue weighted by atomic mass is 10.1. The van der Waals surface area contributed by atoms with Crippen molar-refractivity contribution >= 4 is 0 Å². The Labute approximate surface area is 93.5 Å². The first kappa shape index (κ1) is 12.9. The summed E-state index contributed by atoms with van der Waals surface area (Å²) in [5.74, 6) is 0. The molecule has 1 aliphatic rings. The summed E-state index contributed by atoms with van der Waals surface area (Å²) in [6.45, 7) is 4.12. The Kier molecular flexibility index (Phi) is 7.88. The molecule has 0 saturated carbocycles. The summed E-state index contributed by atoms with van der Waals surface area (Å²) in [4.78, 5) is 0. The molecule has 1 unspecified atom stereocenters. The van der Waals surface area contributed by atoms with Crippen LogP contribution in [0, 0.1) is 0 Å². The first-order chi connectivity index (χ1) is 7.43. The fourth-order valence-corrected chi connectivity index (χ4v) is 1.95. The van der Waals surface area contributed by atoms with Crippen LogP contribution in [0.1, 0.15) is 38.5 Å². The summed E-state index contributed by atoms with van der Waals surface area (Å²) < 4.78 is 10.6. The lowest BCUT2D eigenvalue weighted by Gasteiger charge is -2.09. The van der Waals surface area contributed by atoms with E-state index in [9.17, 15) is 0 Å². The second-order valence-corrected chi connectivity index (χ2v) is 4.23. The van der Waals surface area contributed by atoms with E-state index in [-0.39, 0.29) is 0 Å². The topological polar surface area (TPSA) is 30.5 Å². The summed E-state index contributed by atoms with van der Waals surface area (Å²) in [6, 6.07) is 0. The van der Waals surface area contributed by atoms with E-state index in [1.54, 1.807) is 7.11 Å². The van der Waals surface area contributed by atoms with Crippen molar-refractivity contribution in [1.82, 2.24) is 5.32 Å². The van der Waals surface area contributed by atoms with Gasteiger partial charge in [-0.2, -0.15) is 0 Å². The number of nitrogens with one attached hydrogen (secondary N) is 1. The summed E-state index contributed by atoms with van der Waals surface area (Å²) in [5, 5.41) is 3.46. The molecule has 1 fully saturated rings. The predicted molar refractivity (Wildman–Crippen MR) is 62.2 cm³/mol. The molecule has 1 rings (SSSR count). The Hall–Kier alpha value is -0.120. The van der Waals surface area contributed by atoms with E-state index in [1.165, 1.54) is 32.1 Å². The van der Waals surface area contributed by atoms with Gasteiger partial charge in [-0.3, -0.25) is 0 Å². The molecule has 0 radical (unpaired) electrons. The molecular weight excluding hydrogens is 190 g/mol. The minimum atomic E-state index is 0.556. The van der Waals surface area contributed by atoms with E-state index in [2.05, 4.69) is 5.32 Å². The molecule has 1 atom stereocenters. The zero-order chi connectivity index (χ0) is 10.8. The van der Waals surface area contributed by atoms with Gasteiger partial charge in [0.1, 0.15) is 0 Å². The van der Waals surface area contributed by atoms with Gasteiger partial charge in [0.25, 0.3) is 0 Å². The first-order valence-corrected chi connectivity index (χ1v) is 6.24. The van der Waals surface area contributed by atoms with Crippen molar-refractivity contribution in [2.45, 2.75) is 44.6 Å². The molecule has 0 aliphatic carbocycles. The standard InChI is InChI=1S/C12H25NO2/c1-14-10-3-2-8-13-9-4-6-12-7-5-11-15-12/h12-13H,2-11H2,1H3. The third-order valence-electron chi connectivity index (χ3n) is 2.86. The number of rotatable bonds is 9. The molecule has 3 heteroatoms. The molecule has 0 aromatic carbocycles. The van der Waals surface area contributed by atoms with Gasteiger partial charge >= 0.3 is 0 Å². The van der Waals surface area contributed by atoms with Gasteiger partial charge < -0.3 is 14.8 Å². The average molecular weight is 215 g/mol. The van der Waals surface area contributed by atoms with E-state index in [0.717, 1.165) is 32.7 Å². The molecular formula is C12H25NO2. The normalized spacial score (nSPS) is 21.0. The lowest BCUT2D eigenvalue weighted by Crippen LogP contribution is -2.18. The molecule has 0 amide bonds. The Morgan fingerprint density at radius 1 is 1.27 bits per heavy atom. The van der Waals surface area contributed by atoms with E-state index in [0.29, 0.717) is 6.10 Å². The van der Waals surface area contributed by atoms with Crippen LogP contribution in [0.3, 0.4) is 0 Å². The maximum absolute atomic E-state index is 5.57. The van der Waals surface area contributed by atoms with Gasteiger partial charge in [0.05, 0.1) is 6.10 Å². The highest BCUT2D eigenvalue weighted by Gasteiger charge is 2.13. The van der Waals surface area contributed by atoms with Gasteiger partial charge in [0.2, 0.25) is 0 Å². The SMILES string of the molecule is COCCCCNCCCC1CCCO1. The number of unbranched alkanes of at least 4 members (excludes halogenated alkanes) is 1. The van der Waals surface area contributed by atoms with Crippen LogP contribution in [0.5, 0.6) is 0 Å². The molecule has 90 valence electrons.